The number of phenols is 1. The van der Waals surface area contributed by atoms with Crippen LogP contribution in [0, 0.1) is 20.8 Å². The summed E-state index contributed by atoms with van der Waals surface area (Å²) in [4.78, 5) is 2.07. The Hall–Kier alpha value is -2.18. The van der Waals surface area contributed by atoms with Crippen molar-refractivity contribution in [3.8, 4) is 17.0 Å². The maximum Gasteiger partial charge on any atom is 0.151 e. The topological polar surface area (TPSA) is 78.7 Å². The predicted molar refractivity (Wildman–Crippen MR) is 92.4 cm³/mol. The molecule has 0 radical (unpaired) electrons. The molecule has 24 heavy (non-hydrogen) atoms. The van der Waals surface area contributed by atoms with Crippen LogP contribution in [0.15, 0.2) is 18.2 Å². The van der Waals surface area contributed by atoms with E-state index in [1.807, 2.05) is 32.9 Å². The molecule has 1 atom stereocenters. The third-order valence-corrected chi connectivity index (χ3v) is 4.33. The van der Waals surface area contributed by atoms with Crippen molar-refractivity contribution in [2.45, 2.75) is 26.9 Å². The Morgan fingerprint density at radius 1 is 1.17 bits per heavy atom. The minimum absolute atomic E-state index is 0.00255. The fraction of sp³-hybridized carbons (Fsp3) is 0.444. The highest BCUT2D eigenvalue weighted by atomic mass is 16.5. The smallest absolute Gasteiger partial charge is 0.151 e. The minimum Gasteiger partial charge on any atom is -0.507 e. The molecule has 3 rings (SSSR count). The maximum absolute atomic E-state index is 10.3. The molecular weight excluding hydrogens is 306 g/mol. The van der Waals surface area contributed by atoms with Crippen LogP contribution in [0.5, 0.6) is 5.75 Å². The number of phenolic OH excluding ortho intramolecular Hbond substituents is 1. The van der Waals surface area contributed by atoms with Crippen LogP contribution in [0.4, 0.5) is 5.82 Å². The largest absolute Gasteiger partial charge is 0.507 e. The van der Waals surface area contributed by atoms with Gasteiger partial charge < -0.3 is 19.8 Å². The van der Waals surface area contributed by atoms with E-state index in [4.69, 9.17) is 4.74 Å². The van der Waals surface area contributed by atoms with Gasteiger partial charge in [0, 0.05) is 18.7 Å². The monoisotopic (exact) mass is 329 g/mol. The summed E-state index contributed by atoms with van der Waals surface area (Å²) in [6.07, 6.45) is -0.191. The van der Waals surface area contributed by atoms with Gasteiger partial charge >= 0.3 is 0 Å². The first-order valence-electron chi connectivity index (χ1n) is 8.12. The molecule has 1 saturated heterocycles. The Balaban J connectivity index is 1.94. The second-order valence-corrected chi connectivity index (χ2v) is 6.33. The van der Waals surface area contributed by atoms with E-state index in [-0.39, 0.29) is 18.5 Å². The van der Waals surface area contributed by atoms with Gasteiger partial charge in [0.1, 0.15) is 5.75 Å². The molecule has 1 aromatic carbocycles. The molecule has 1 aliphatic rings. The fourth-order valence-electron chi connectivity index (χ4n) is 3.16. The van der Waals surface area contributed by atoms with Gasteiger partial charge in [-0.05, 0) is 49.6 Å². The summed E-state index contributed by atoms with van der Waals surface area (Å²) in [6, 6.07) is 5.74. The van der Waals surface area contributed by atoms with Crippen LogP contribution < -0.4 is 4.90 Å². The summed E-state index contributed by atoms with van der Waals surface area (Å²) in [5.41, 5.74) is 4.37. The van der Waals surface area contributed by atoms with Crippen molar-refractivity contribution in [1.82, 2.24) is 10.2 Å². The van der Waals surface area contributed by atoms with Gasteiger partial charge in [0.05, 0.1) is 25.0 Å². The van der Waals surface area contributed by atoms with Gasteiger partial charge in [-0.2, -0.15) is 0 Å². The summed E-state index contributed by atoms with van der Waals surface area (Å²) in [6.45, 7) is 7.76. The number of ether oxygens (including phenoxy) is 1. The Kier molecular flexibility index (Phi) is 4.69. The van der Waals surface area contributed by atoms with Gasteiger partial charge in [0.2, 0.25) is 0 Å². The normalized spacial score (nSPS) is 18.0. The number of nitrogens with zero attached hydrogens (tertiary/aromatic N) is 3. The van der Waals surface area contributed by atoms with E-state index in [2.05, 4.69) is 15.1 Å². The van der Waals surface area contributed by atoms with Gasteiger partial charge in [-0.1, -0.05) is 6.07 Å². The first-order chi connectivity index (χ1) is 11.5. The molecule has 1 aliphatic heterocycles. The van der Waals surface area contributed by atoms with Gasteiger partial charge in [0.15, 0.2) is 5.82 Å². The number of morpholine rings is 1. The Morgan fingerprint density at radius 3 is 2.62 bits per heavy atom. The summed E-state index contributed by atoms with van der Waals surface area (Å²) in [5.74, 6) is 0.992. The lowest BCUT2D eigenvalue weighted by atomic mass is 9.99. The van der Waals surface area contributed by atoms with Gasteiger partial charge in [-0.3, -0.25) is 0 Å². The molecule has 2 N–H and O–H groups in total. The van der Waals surface area contributed by atoms with E-state index in [1.165, 1.54) is 0 Å². The van der Waals surface area contributed by atoms with Gasteiger partial charge in [-0.25, -0.2) is 0 Å². The summed E-state index contributed by atoms with van der Waals surface area (Å²) in [5, 5.41) is 28.3. The molecular formula is C18H23N3O3. The Labute approximate surface area is 141 Å². The van der Waals surface area contributed by atoms with Crippen molar-refractivity contribution in [2.75, 3.05) is 31.2 Å². The average molecular weight is 329 g/mol. The number of benzene rings is 1. The standard InChI is InChI=1S/C18H23N3O3/c1-11-6-12(2)17(15(23)7-11)18-13(3)8-16(19-20-18)21-4-5-24-14(9-21)10-22/h6-8,14,22-23H,4-5,9-10H2,1-3H3/t14-/m0/s1. The molecule has 6 heteroatoms. The van der Waals surface area contributed by atoms with E-state index in [1.54, 1.807) is 6.07 Å². The van der Waals surface area contributed by atoms with Crippen molar-refractivity contribution in [3.63, 3.8) is 0 Å². The Morgan fingerprint density at radius 2 is 1.96 bits per heavy atom. The first kappa shape index (κ1) is 16.7. The molecule has 6 nitrogen and oxygen atoms in total. The zero-order chi connectivity index (χ0) is 17.3. The highest BCUT2D eigenvalue weighted by molar-refractivity contribution is 5.74. The van der Waals surface area contributed by atoms with E-state index >= 15 is 0 Å². The minimum atomic E-state index is -0.191. The fourth-order valence-corrected chi connectivity index (χ4v) is 3.16. The van der Waals surface area contributed by atoms with Crippen LogP contribution in [0.1, 0.15) is 16.7 Å². The number of anilines is 1. The number of aromatic nitrogens is 2. The second kappa shape index (κ2) is 6.75. The number of aliphatic hydroxyl groups excluding tert-OH is 1. The van der Waals surface area contributed by atoms with Crippen molar-refractivity contribution < 1.29 is 14.9 Å². The summed E-state index contributed by atoms with van der Waals surface area (Å²) >= 11 is 0. The van der Waals surface area contributed by atoms with Crippen molar-refractivity contribution in [1.29, 1.82) is 0 Å². The molecule has 0 unspecified atom stereocenters. The number of hydrogen-bond donors (Lipinski definition) is 2. The molecule has 0 amide bonds. The van der Waals surface area contributed by atoms with Crippen LogP contribution in [0.3, 0.4) is 0 Å². The third-order valence-electron chi connectivity index (χ3n) is 4.33. The predicted octanol–water partition coefficient (Wildman–Crippen LogP) is 1.97. The molecule has 128 valence electrons. The van der Waals surface area contributed by atoms with E-state index in [0.29, 0.717) is 18.8 Å². The lowest BCUT2D eigenvalue weighted by Gasteiger charge is -2.32. The lowest BCUT2D eigenvalue weighted by Crippen LogP contribution is -2.44. The molecule has 0 saturated carbocycles. The van der Waals surface area contributed by atoms with Crippen molar-refractivity contribution in [2.24, 2.45) is 0 Å². The molecule has 0 spiro atoms. The molecule has 1 aromatic heterocycles. The number of aliphatic hydroxyl groups is 1. The summed E-state index contributed by atoms with van der Waals surface area (Å²) in [7, 11) is 0. The number of rotatable bonds is 3. The maximum atomic E-state index is 10.3. The first-order valence-corrected chi connectivity index (χ1v) is 8.12. The van der Waals surface area contributed by atoms with Crippen molar-refractivity contribution >= 4 is 5.82 Å². The zero-order valence-corrected chi connectivity index (χ0v) is 14.3. The van der Waals surface area contributed by atoms with Gasteiger partial charge in [-0.15, -0.1) is 10.2 Å². The molecule has 1 fully saturated rings. The molecule has 0 aliphatic carbocycles. The van der Waals surface area contributed by atoms with Crippen LogP contribution >= 0.6 is 0 Å². The van der Waals surface area contributed by atoms with E-state index in [0.717, 1.165) is 34.6 Å². The highest BCUT2D eigenvalue weighted by Gasteiger charge is 2.22. The van der Waals surface area contributed by atoms with Crippen LogP contribution in [-0.2, 0) is 4.74 Å². The van der Waals surface area contributed by atoms with Gasteiger partial charge in [0.25, 0.3) is 0 Å². The number of aromatic hydroxyl groups is 1. The quantitative estimate of drug-likeness (QED) is 0.896. The lowest BCUT2D eigenvalue weighted by molar-refractivity contribution is 0.00332. The van der Waals surface area contributed by atoms with E-state index in [9.17, 15) is 10.2 Å². The number of hydrogen-bond acceptors (Lipinski definition) is 6. The molecule has 0 bridgehead atoms. The van der Waals surface area contributed by atoms with Crippen LogP contribution in [-0.4, -0.2) is 52.8 Å². The molecule has 2 aromatic rings. The summed E-state index contributed by atoms with van der Waals surface area (Å²) < 4.78 is 5.47. The second-order valence-electron chi connectivity index (χ2n) is 6.33. The van der Waals surface area contributed by atoms with Crippen molar-refractivity contribution in [3.05, 3.63) is 34.9 Å². The van der Waals surface area contributed by atoms with E-state index < -0.39 is 0 Å². The SMILES string of the molecule is Cc1cc(C)c(-c2nnc(N3CCO[C@H](CO)C3)cc2C)c(O)c1. The number of aryl methyl sites for hydroxylation is 3. The third kappa shape index (κ3) is 3.20. The zero-order valence-electron chi connectivity index (χ0n) is 14.3. The van der Waals surface area contributed by atoms with Crippen LogP contribution in [0.25, 0.3) is 11.3 Å². The Bertz CT molecular complexity index is 725. The van der Waals surface area contributed by atoms with Crippen LogP contribution in [0.2, 0.25) is 0 Å². The molecule has 2 heterocycles. The highest BCUT2D eigenvalue weighted by Crippen LogP contribution is 2.34. The average Bonchev–Trinajstić information content (AvgIpc) is 2.55.